The minimum atomic E-state index is -3.74. The van der Waals surface area contributed by atoms with Crippen LogP contribution in [0.2, 0.25) is 0 Å². The van der Waals surface area contributed by atoms with Crippen molar-refractivity contribution in [1.29, 1.82) is 0 Å². The van der Waals surface area contributed by atoms with Crippen molar-refractivity contribution >= 4 is 21.6 Å². The van der Waals surface area contributed by atoms with Crippen molar-refractivity contribution in [3.05, 3.63) is 90.0 Å². The number of piperazine rings is 1. The molecule has 32 heavy (non-hydrogen) atoms. The highest BCUT2D eigenvalue weighted by Gasteiger charge is 2.29. The Bertz CT molecular complexity index is 1180. The van der Waals surface area contributed by atoms with Crippen molar-refractivity contribution in [1.82, 2.24) is 14.6 Å². The number of anilines is 1. The van der Waals surface area contributed by atoms with E-state index in [-0.39, 0.29) is 22.2 Å². The molecule has 166 valence electrons. The lowest BCUT2D eigenvalue weighted by molar-refractivity contribution is 0.0950. The number of sulfonamides is 1. The second-order valence-corrected chi connectivity index (χ2v) is 9.37. The minimum absolute atomic E-state index is 0.0873. The molecule has 1 N–H and O–H groups in total. The van der Waals surface area contributed by atoms with Gasteiger partial charge in [0, 0.05) is 56.4 Å². The van der Waals surface area contributed by atoms with E-state index in [0.29, 0.717) is 32.7 Å². The average molecular weight is 455 g/mol. The molecule has 1 aromatic heterocycles. The van der Waals surface area contributed by atoms with Gasteiger partial charge in [0.2, 0.25) is 10.0 Å². The Labute approximate surface area is 186 Å². The normalized spacial score (nSPS) is 14.8. The zero-order chi connectivity index (χ0) is 22.6. The van der Waals surface area contributed by atoms with Crippen molar-refractivity contribution in [3.8, 4) is 0 Å². The van der Waals surface area contributed by atoms with Crippen LogP contribution in [0.1, 0.15) is 15.9 Å². The lowest BCUT2D eigenvalue weighted by atomic mass is 10.2. The summed E-state index contributed by atoms with van der Waals surface area (Å²) >= 11 is 0. The molecule has 0 atom stereocenters. The number of benzene rings is 2. The summed E-state index contributed by atoms with van der Waals surface area (Å²) in [6.45, 7) is 1.92. The quantitative estimate of drug-likeness (QED) is 0.619. The standard InChI is InChI=1S/C23H23FN4O3S/c24-20-4-6-21(7-5-20)27-12-14-28(15-13-27)32(30,31)22-3-1-2-19(16-22)23(29)26-17-18-8-10-25-11-9-18/h1-11,16H,12-15,17H2,(H,26,29). The number of amides is 1. The first-order valence-electron chi connectivity index (χ1n) is 10.2. The van der Waals surface area contributed by atoms with E-state index in [4.69, 9.17) is 0 Å². The smallest absolute Gasteiger partial charge is 0.251 e. The molecule has 7 nitrogen and oxygen atoms in total. The summed E-state index contributed by atoms with van der Waals surface area (Å²) in [5, 5.41) is 2.79. The summed E-state index contributed by atoms with van der Waals surface area (Å²) in [4.78, 5) is 18.6. The van der Waals surface area contributed by atoms with Gasteiger partial charge in [0.1, 0.15) is 5.82 Å². The van der Waals surface area contributed by atoms with Crippen LogP contribution >= 0.6 is 0 Å². The first kappa shape index (κ1) is 21.9. The lowest BCUT2D eigenvalue weighted by Crippen LogP contribution is -2.48. The summed E-state index contributed by atoms with van der Waals surface area (Å²) < 4.78 is 40.9. The second-order valence-electron chi connectivity index (χ2n) is 7.43. The number of hydrogen-bond donors (Lipinski definition) is 1. The molecule has 1 aliphatic heterocycles. The Balaban J connectivity index is 1.41. The zero-order valence-corrected chi connectivity index (χ0v) is 18.1. The van der Waals surface area contributed by atoms with Gasteiger partial charge in [-0.2, -0.15) is 4.31 Å². The van der Waals surface area contributed by atoms with Crippen LogP contribution < -0.4 is 10.2 Å². The van der Waals surface area contributed by atoms with Crippen molar-refractivity contribution in [2.45, 2.75) is 11.4 Å². The van der Waals surface area contributed by atoms with E-state index in [1.165, 1.54) is 28.6 Å². The summed E-state index contributed by atoms with van der Waals surface area (Å²) in [6, 6.07) is 15.8. The van der Waals surface area contributed by atoms with Gasteiger partial charge in [-0.05, 0) is 60.2 Å². The third-order valence-corrected chi connectivity index (χ3v) is 7.26. The molecule has 1 fully saturated rings. The number of aromatic nitrogens is 1. The van der Waals surface area contributed by atoms with Gasteiger partial charge in [0.25, 0.3) is 5.91 Å². The number of carbonyl (C=O) groups is 1. The highest BCUT2D eigenvalue weighted by atomic mass is 32.2. The number of nitrogens with zero attached hydrogens (tertiary/aromatic N) is 3. The number of hydrogen-bond acceptors (Lipinski definition) is 5. The topological polar surface area (TPSA) is 82.6 Å². The molecule has 4 rings (SSSR count). The van der Waals surface area contributed by atoms with Gasteiger partial charge in [-0.3, -0.25) is 9.78 Å². The molecular formula is C23H23FN4O3S. The van der Waals surface area contributed by atoms with E-state index in [9.17, 15) is 17.6 Å². The van der Waals surface area contributed by atoms with Gasteiger partial charge in [-0.1, -0.05) is 6.07 Å². The zero-order valence-electron chi connectivity index (χ0n) is 17.3. The van der Waals surface area contributed by atoms with Crippen LogP contribution in [-0.2, 0) is 16.6 Å². The molecule has 0 saturated carbocycles. The Morgan fingerprint density at radius 3 is 2.34 bits per heavy atom. The molecule has 0 bridgehead atoms. The number of nitrogens with one attached hydrogen (secondary N) is 1. The van der Waals surface area contributed by atoms with Crippen LogP contribution in [0.15, 0.2) is 78.0 Å². The molecule has 1 amide bonds. The summed E-state index contributed by atoms with van der Waals surface area (Å²) in [7, 11) is -3.74. The van der Waals surface area contributed by atoms with Crippen molar-refractivity contribution in [2.24, 2.45) is 0 Å². The van der Waals surface area contributed by atoms with E-state index in [0.717, 1.165) is 11.3 Å². The van der Waals surface area contributed by atoms with Gasteiger partial charge in [0.05, 0.1) is 4.90 Å². The molecule has 0 unspecified atom stereocenters. The largest absolute Gasteiger partial charge is 0.369 e. The SMILES string of the molecule is O=C(NCc1ccncc1)c1cccc(S(=O)(=O)N2CCN(c3ccc(F)cc3)CC2)c1. The fourth-order valence-corrected chi connectivity index (χ4v) is 5.04. The summed E-state index contributed by atoms with van der Waals surface area (Å²) in [5.41, 5.74) is 2.04. The van der Waals surface area contributed by atoms with E-state index in [1.807, 2.05) is 4.90 Å². The maximum atomic E-state index is 13.1. The van der Waals surface area contributed by atoms with E-state index in [1.54, 1.807) is 48.8 Å². The molecule has 3 aromatic rings. The average Bonchev–Trinajstić information content (AvgIpc) is 2.84. The fraction of sp³-hybridized carbons (Fsp3) is 0.217. The number of carbonyl (C=O) groups excluding carboxylic acids is 1. The Morgan fingerprint density at radius 2 is 1.66 bits per heavy atom. The van der Waals surface area contributed by atoms with Crippen molar-refractivity contribution in [3.63, 3.8) is 0 Å². The number of halogens is 1. The van der Waals surface area contributed by atoms with Gasteiger partial charge in [-0.15, -0.1) is 0 Å². The highest BCUT2D eigenvalue weighted by Crippen LogP contribution is 2.22. The maximum absolute atomic E-state index is 13.1. The van der Waals surface area contributed by atoms with Crippen LogP contribution in [0.25, 0.3) is 0 Å². The second kappa shape index (κ2) is 9.46. The van der Waals surface area contributed by atoms with Gasteiger partial charge in [-0.25, -0.2) is 12.8 Å². The van der Waals surface area contributed by atoms with Crippen LogP contribution in [-0.4, -0.2) is 49.8 Å². The maximum Gasteiger partial charge on any atom is 0.251 e. The molecule has 9 heteroatoms. The molecule has 0 aliphatic carbocycles. The third kappa shape index (κ3) is 4.95. The Morgan fingerprint density at radius 1 is 0.969 bits per heavy atom. The van der Waals surface area contributed by atoms with Crippen LogP contribution in [0, 0.1) is 5.82 Å². The summed E-state index contributed by atoms with van der Waals surface area (Å²) in [5.74, 6) is -0.653. The van der Waals surface area contributed by atoms with E-state index < -0.39 is 10.0 Å². The predicted octanol–water partition coefficient (Wildman–Crippen LogP) is 2.66. The van der Waals surface area contributed by atoms with Crippen molar-refractivity contribution < 1.29 is 17.6 Å². The van der Waals surface area contributed by atoms with Gasteiger partial charge in [0.15, 0.2) is 0 Å². The molecule has 0 radical (unpaired) electrons. The first-order valence-corrected chi connectivity index (χ1v) is 11.7. The Hall–Kier alpha value is -3.30. The number of rotatable bonds is 6. The monoisotopic (exact) mass is 454 g/mol. The van der Waals surface area contributed by atoms with Crippen LogP contribution in [0.3, 0.4) is 0 Å². The fourth-order valence-electron chi connectivity index (χ4n) is 3.57. The van der Waals surface area contributed by atoms with Gasteiger partial charge < -0.3 is 10.2 Å². The summed E-state index contributed by atoms with van der Waals surface area (Å²) in [6.07, 6.45) is 3.29. The van der Waals surface area contributed by atoms with E-state index >= 15 is 0 Å². The van der Waals surface area contributed by atoms with Crippen LogP contribution in [0.5, 0.6) is 0 Å². The first-order chi connectivity index (χ1) is 15.4. The molecule has 2 heterocycles. The van der Waals surface area contributed by atoms with Crippen LogP contribution in [0.4, 0.5) is 10.1 Å². The molecule has 1 saturated heterocycles. The van der Waals surface area contributed by atoms with E-state index in [2.05, 4.69) is 10.3 Å². The minimum Gasteiger partial charge on any atom is -0.369 e. The molecule has 2 aromatic carbocycles. The lowest BCUT2D eigenvalue weighted by Gasteiger charge is -2.35. The van der Waals surface area contributed by atoms with Gasteiger partial charge >= 0.3 is 0 Å². The molecular weight excluding hydrogens is 431 g/mol. The number of pyridine rings is 1. The molecule has 0 spiro atoms. The highest BCUT2D eigenvalue weighted by molar-refractivity contribution is 7.89. The predicted molar refractivity (Wildman–Crippen MR) is 119 cm³/mol. The third-order valence-electron chi connectivity index (χ3n) is 5.37. The van der Waals surface area contributed by atoms with Crippen molar-refractivity contribution in [2.75, 3.05) is 31.1 Å². The Kier molecular flexibility index (Phi) is 6.48. The molecule has 1 aliphatic rings.